The topological polar surface area (TPSA) is 126 Å². The molecule has 0 spiro atoms. The average Bonchev–Trinajstić information content (AvgIpc) is 3.23. The van der Waals surface area contributed by atoms with Gasteiger partial charge in [-0.25, -0.2) is 19.3 Å². The van der Waals surface area contributed by atoms with Crippen LogP contribution in [0.5, 0.6) is 0 Å². The number of nitrogens with one attached hydrogen (secondary N) is 1. The number of fused-ring (bicyclic) bond motifs is 1. The highest BCUT2D eigenvalue weighted by Gasteiger charge is 2.44. The zero-order valence-corrected chi connectivity index (χ0v) is 14.1. The molecule has 4 atom stereocenters. The zero-order valence-electron chi connectivity index (χ0n) is 14.1. The van der Waals surface area contributed by atoms with Crippen LogP contribution in [0.15, 0.2) is 36.9 Å². The van der Waals surface area contributed by atoms with Crippen molar-refractivity contribution in [1.82, 2.24) is 19.5 Å². The first-order chi connectivity index (χ1) is 13.1. The maximum absolute atomic E-state index is 13.0. The molecular weight excluding hydrogens is 357 g/mol. The van der Waals surface area contributed by atoms with E-state index in [1.54, 1.807) is 12.1 Å². The summed E-state index contributed by atoms with van der Waals surface area (Å²) in [5.74, 6) is 0.162. The first-order valence-corrected chi connectivity index (χ1v) is 8.37. The fourth-order valence-corrected chi connectivity index (χ4v) is 3.07. The quantitative estimate of drug-likeness (QED) is 0.498. The zero-order chi connectivity index (χ0) is 19.0. The van der Waals surface area contributed by atoms with E-state index >= 15 is 0 Å². The van der Waals surface area contributed by atoms with Gasteiger partial charge < -0.3 is 25.4 Å². The van der Waals surface area contributed by atoms with E-state index in [1.807, 2.05) is 0 Å². The first kappa shape index (κ1) is 17.7. The fourth-order valence-electron chi connectivity index (χ4n) is 3.07. The second-order valence-electron chi connectivity index (χ2n) is 6.26. The highest BCUT2D eigenvalue weighted by atomic mass is 19.1. The third-order valence-electron chi connectivity index (χ3n) is 4.52. The van der Waals surface area contributed by atoms with E-state index in [0.29, 0.717) is 23.5 Å². The molecule has 9 nitrogen and oxygen atoms in total. The van der Waals surface area contributed by atoms with Crippen molar-refractivity contribution in [2.75, 3.05) is 11.9 Å². The van der Waals surface area contributed by atoms with Crippen molar-refractivity contribution in [3.8, 4) is 0 Å². The average molecular weight is 375 g/mol. The number of ether oxygens (including phenoxy) is 1. The third kappa shape index (κ3) is 3.23. The molecule has 1 aliphatic rings. The van der Waals surface area contributed by atoms with Gasteiger partial charge in [-0.05, 0) is 17.7 Å². The normalized spacial score (nSPS) is 25.2. The van der Waals surface area contributed by atoms with Crippen LogP contribution in [0, 0.1) is 5.82 Å². The number of hydrogen-bond acceptors (Lipinski definition) is 8. The van der Waals surface area contributed by atoms with Crippen LogP contribution in [-0.4, -0.2) is 59.8 Å². The van der Waals surface area contributed by atoms with E-state index in [-0.39, 0.29) is 5.82 Å². The van der Waals surface area contributed by atoms with E-state index in [1.165, 1.54) is 29.4 Å². The smallest absolute Gasteiger partial charge is 0.167 e. The van der Waals surface area contributed by atoms with Crippen LogP contribution in [0.1, 0.15) is 11.8 Å². The van der Waals surface area contributed by atoms with Crippen molar-refractivity contribution >= 4 is 17.0 Å². The molecule has 3 aromatic rings. The predicted molar refractivity (Wildman–Crippen MR) is 92.1 cm³/mol. The summed E-state index contributed by atoms with van der Waals surface area (Å²) in [4.78, 5) is 12.6. The lowest BCUT2D eigenvalue weighted by atomic mass is 10.1. The van der Waals surface area contributed by atoms with E-state index in [0.717, 1.165) is 5.56 Å². The summed E-state index contributed by atoms with van der Waals surface area (Å²) in [6, 6.07) is 6.09. The van der Waals surface area contributed by atoms with Gasteiger partial charge in [0.2, 0.25) is 0 Å². The number of hydrogen-bond donors (Lipinski definition) is 4. The van der Waals surface area contributed by atoms with E-state index in [4.69, 9.17) is 4.74 Å². The number of aromatic nitrogens is 4. The molecule has 0 aliphatic carbocycles. The Hall–Kier alpha value is -2.66. The maximum Gasteiger partial charge on any atom is 0.167 e. The minimum absolute atomic E-state index is 0.305. The molecule has 0 amide bonds. The molecule has 0 radical (unpaired) electrons. The van der Waals surface area contributed by atoms with Crippen LogP contribution < -0.4 is 5.32 Å². The molecule has 2 aromatic heterocycles. The lowest BCUT2D eigenvalue weighted by molar-refractivity contribution is -0.0511. The molecule has 1 aliphatic heterocycles. The van der Waals surface area contributed by atoms with Gasteiger partial charge in [-0.15, -0.1) is 0 Å². The minimum atomic E-state index is -1.23. The van der Waals surface area contributed by atoms with Gasteiger partial charge in [-0.1, -0.05) is 12.1 Å². The Bertz CT molecular complexity index is 935. The summed E-state index contributed by atoms with van der Waals surface area (Å²) in [5, 5.41) is 32.5. The molecule has 0 unspecified atom stereocenters. The number of halogens is 1. The van der Waals surface area contributed by atoms with E-state index in [9.17, 15) is 19.7 Å². The SMILES string of the molecule is OC[C@H]1O[C@@H](n2cnc3c(NCc4ccc(F)cc4)ncnc32)[C@@H](O)[C@@H]1O. The molecule has 4 rings (SSSR count). The monoisotopic (exact) mass is 375 g/mol. The fraction of sp³-hybridized carbons (Fsp3) is 0.353. The van der Waals surface area contributed by atoms with Crippen molar-refractivity contribution in [1.29, 1.82) is 0 Å². The van der Waals surface area contributed by atoms with Gasteiger partial charge >= 0.3 is 0 Å². The highest BCUT2D eigenvalue weighted by molar-refractivity contribution is 5.82. The first-order valence-electron chi connectivity index (χ1n) is 8.37. The molecule has 0 saturated carbocycles. The number of imidazole rings is 1. The van der Waals surface area contributed by atoms with Crippen molar-refractivity contribution in [2.45, 2.75) is 31.1 Å². The molecule has 1 saturated heterocycles. The molecule has 27 heavy (non-hydrogen) atoms. The second-order valence-corrected chi connectivity index (χ2v) is 6.26. The molecule has 142 valence electrons. The number of rotatable bonds is 5. The van der Waals surface area contributed by atoms with Gasteiger partial charge in [0.15, 0.2) is 23.2 Å². The van der Waals surface area contributed by atoms with Crippen molar-refractivity contribution in [3.63, 3.8) is 0 Å². The largest absolute Gasteiger partial charge is 0.394 e. The van der Waals surface area contributed by atoms with Crippen molar-refractivity contribution in [2.24, 2.45) is 0 Å². The summed E-state index contributed by atoms with van der Waals surface area (Å²) in [6.07, 6.45) is -1.49. The number of benzene rings is 1. The van der Waals surface area contributed by atoms with Gasteiger partial charge in [-0.2, -0.15) is 0 Å². The Morgan fingerprint density at radius 1 is 1.11 bits per heavy atom. The van der Waals surface area contributed by atoms with Crippen LogP contribution in [0.3, 0.4) is 0 Å². The third-order valence-corrected chi connectivity index (χ3v) is 4.52. The maximum atomic E-state index is 13.0. The number of anilines is 1. The van der Waals surface area contributed by atoms with Gasteiger partial charge in [0.1, 0.15) is 30.5 Å². The summed E-state index contributed by atoms with van der Waals surface area (Å²) < 4.78 is 20.0. The van der Waals surface area contributed by atoms with Crippen LogP contribution in [-0.2, 0) is 11.3 Å². The number of aliphatic hydroxyl groups is 3. The second kappa shape index (κ2) is 7.16. The Kier molecular flexibility index (Phi) is 4.70. The van der Waals surface area contributed by atoms with Crippen LogP contribution >= 0.6 is 0 Å². The van der Waals surface area contributed by atoms with Crippen molar-refractivity contribution < 1.29 is 24.4 Å². The Labute approximate surface area is 153 Å². The van der Waals surface area contributed by atoms with Crippen LogP contribution in [0.4, 0.5) is 10.2 Å². The van der Waals surface area contributed by atoms with E-state index < -0.39 is 31.1 Å². The van der Waals surface area contributed by atoms with Crippen LogP contribution in [0.25, 0.3) is 11.2 Å². The number of nitrogens with zero attached hydrogens (tertiary/aromatic N) is 4. The summed E-state index contributed by atoms with van der Waals surface area (Å²) in [6.45, 7) is -0.00603. The van der Waals surface area contributed by atoms with Gasteiger partial charge in [0.25, 0.3) is 0 Å². The molecule has 3 heterocycles. The molecule has 1 fully saturated rings. The summed E-state index contributed by atoms with van der Waals surface area (Å²) in [5.41, 5.74) is 1.73. The van der Waals surface area contributed by atoms with Crippen LogP contribution in [0.2, 0.25) is 0 Å². The molecule has 4 N–H and O–H groups in total. The highest BCUT2D eigenvalue weighted by Crippen LogP contribution is 2.32. The van der Waals surface area contributed by atoms with Gasteiger partial charge in [0.05, 0.1) is 12.9 Å². The minimum Gasteiger partial charge on any atom is -0.394 e. The molecule has 10 heteroatoms. The van der Waals surface area contributed by atoms with Crippen molar-refractivity contribution in [3.05, 3.63) is 48.3 Å². The molecular formula is C17H18FN5O4. The van der Waals surface area contributed by atoms with Gasteiger partial charge in [-0.3, -0.25) is 4.57 Å². The summed E-state index contributed by atoms with van der Waals surface area (Å²) in [7, 11) is 0. The lowest BCUT2D eigenvalue weighted by Crippen LogP contribution is -2.33. The Balaban J connectivity index is 1.59. The molecule has 1 aromatic carbocycles. The van der Waals surface area contributed by atoms with Gasteiger partial charge in [0, 0.05) is 6.54 Å². The predicted octanol–water partition coefficient (Wildman–Crippen LogP) is 0.189. The van der Waals surface area contributed by atoms with E-state index in [2.05, 4.69) is 20.3 Å². The molecule has 0 bridgehead atoms. The Morgan fingerprint density at radius 2 is 1.89 bits per heavy atom. The summed E-state index contributed by atoms with van der Waals surface area (Å²) >= 11 is 0. The Morgan fingerprint density at radius 3 is 2.59 bits per heavy atom. The lowest BCUT2D eigenvalue weighted by Gasteiger charge is -2.16. The number of aliphatic hydroxyl groups excluding tert-OH is 3. The standard InChI is InChI=1S/C17H18FN5O4/c18-10-3-1-9(2-4-10)5-19-15-12-16(21-7-20-15)23(8-22-12)17-14(26)13(25)11(6-24)27-17/h1-4,7-8,11,13-14,17,24-26H,5-6H2,(H,19,20,21)/t11-,13-,14+,17-/m1/s1.